The van der Waals surface area contributed by atoms with E-state index in [0.717, 1.165) is 49.4 Å². The van der Waals surface area contributed by atoms with Crippen LogP contribution in [-0.2, 0) is 9.59 Å². The molecular weight excluding hydrogens is 521 g/mol. The van der Waals surface area contributed by atoms with Gasteiger partial charge in [-0.1, -0.05) is 19.4 Å². The molecule has 0 heterocycles. The first-order chi connectivity index (χ1) is 17.8. The Bertz CT molecular complexity index is 1040. The van der Waals surface area contributed by atoms with Crippen LogP contribution in [0.2, 0.25) is 0 Å². The smallest absolute Gasteiger partial charge is 0.155 e. The molecule has 202 valence electrons. The summed E-state index contributed by atoms with van der Waals surface area (Å²) in [5.74, 6) is 4.68. The second-order valence-electron chi connectivity index (χ2n) is 12.3. The predicted octanol–water partition coefficient (Wildman–Crippen LogP) is 7.78. The molecular formula is C31H41Cl2NO2S. The van der Waals surface area contributed by atoms with E-state index in [0.29, 0.717) is 53.3 Å². The third kappa shape index (κ3) is 5.16. The van der Waals surface area contributed by atoms with Crippen LogP contribution in [0.1, 0.15) is 65.2 Å². The summed E-state index contributed by atoms with van der Waals surface area (Å²) >= 11 is 13.6. The zero-order valence-electron chi connectivity index (χ0n) is 22.3. The van der Waals surface area contributed by atoms with Gasteiger partial charge in [0.1, 0.15) is 5.78 Å². The van der Waals surface area contributed by atoms with Crippen LogP contribution in [0.25, 0.3) is 0 Å². The summed E-state index contributed by atoms with van der Waals surface area (Å²) in [7, 11) is 0. The number of Topliss-reactive ketones (excluding diaryl/α,β-unsaturated/α-hetero) is 1. The lowest BCUT2D eigenvalue weighted by molar-refractivity contribution is -0.128. The van der Waals surface area contributed by atoms with Crippen molar-refractivity contribution in [2.75, 3.05) is 35.5 Å². The molecule has 3 nitrogen and oxygen atoms in total. The minimum absolute atomic E-state index is 0.133. The van der Waals surface area contributed by atoms with Crippen LogP contribution in [0.3, 0.4) is 0 Å². The molecule has 0 saturated heterocycles. The number of hydrogen-bond donors (Lipinski definition) is 0. The fourth-order valence-corrected chi connectivity index (χ4v) is 9.92. The molecule has 0 bridgehead atoms. The molecule has 0 aromatic heterocycles. The van der Waals surface area contributed by atoms with E-state index in [2.05, 4.69) is 43.0 Å². The number of nitrogens with zero attached hydrogens (tertiary/aromatic N) is 1. The second-order valence-corrected chi connectivity index (χ2v) is 14.1. The Morgan fingerprint density at radius 2 is 1.70 bits per heavy atom. The normalized spacial score (nSPS) is 34.8. The van der Waals surface area contributed by atoms with Crippen molar-refractivity contribution in [3.8, 4) is 0 Å². The molecule has 0 amide bonds. The molecule has 4 aliphatic rings. The maximum atomic E-state index is 13.6. The molecule has 0 spiro atoms. The van der Waals surface area contributed by atoms with E-state index in [1.807, 2.05) is 6.08 Å². The first-order valence-corrected chi connectivity index (χ1v) is 16.2. The maximum absolute atomic E-state index is 13.6. The van der Waals surface area contributed by atoms with Gasteiger partial charge in [-0.25, -0.2) is 0 Å². The number of carbonyl (C=O) groups is 2. The van der Waals surface area contributed by atoms with Crippen molar-refractivity contribution in [1.82, 2.24) is 0 Å². The predicted molar refractivity (Wildman–Crippen MR) is 156 cm³/mol. The van der Waals surface area contributed by atoms with Crippen molar-refractivity contribution in [1.29, 1.82) is 0 Å². The number of hydrogen-bond acceptors (Lipinski definition) is 4. The molecule has 0 radical (unpaired) electrons. The minimum atomic E-state index is 0.133. The average Bonchev–Trinajstić information content (AvgIpc) is 3.25. The van der Waals surface area contributed by atoms with Gasteiger partial charge in [0.25, 0.3) is 0 Å². The van der Waals surface area contributed by atoms with E-state index in [1.165, 1.54) is 24.8 Å². The molecule has 0 N–H and O–H groups in total. The molecule has 6 atom stereocenters. The number of fused-ring (bicyclic) bond motifs is 5. The van der Waals surface area contributed by atoms with E-state index < -0.39 is 0 Å². The number of rotatable bonds is 9. The zero-order valence-corrected chi connectivity index (χ0v) is 24.6. The van der Waals surface area contributed by atoms with Crippen molar-refractivity contribution in [3.63, 3.8) is 0 Å². The van der Waals surface area contributed by atoms with Crippen molar-refractivity contribution in [2.24, 2.45) is 34.5 Å². The Morgan fingerprint density at radius 3 is 2.41 bits per heavy atom. The molecule has 4 aliphatic carbocycles. The van der Waals surface area contributed by atoms with Gasteiger partial charge in [-0.3, -0.25) is 9.59 Å². The summed E-state index contributed by atoms with van der Waals surface area (Å²) in [4.78, 5) is 29.1. The van der Waals surface area contributed by atoms with Gasteiger partial charge in [0.15, 0.2) is 5.78 Å². The highest BCUT2D eigenvalue weighted by molar-refractivity contribution is 8.00. The van der Waals surface area contributed by atoms with Gasteiger partial charge in [-0.2, -0.15) is 0 Å². The van der Waals surface area contributed by atoms with E-state index in [9.17, 15) is 9.59 Å². The Hall–Kier alpha value is -0.970. The molecule has 6 heteroatoms. The van der Waals surface area contributed by atoms with Gasteiger partial charge >= 0.3 is 0 Å². The fraction of sp³-hybridized carbons (Fsp3) is 0.677. The SMILES string of the molecule is C[C@]12CC[C@H]3[C@@H](CCC4=CC(=O)CC[C@@]43C)[C@@H]1CC[C@@H]2C(=O)CSc1ccc(N(CCCl)CCCl)cc1. The van der Waals surface area contributed by atoms with E-state index in [1.54, 1.807) is 11.8 Å². The number of ketones is 2. The third-order valence-electron chi connectivity index (χ3n) is 10.6. The van der Waals surface area contributed by atoms with Crippen LogP contribution in [-0.4, -0.2) is 42.2 Å². The number of alkyl halides is 2. The number of halogens is 2. The van der Waals surface area contributed by atoms with Gasteiger partial charge in [0.2, 0.25) is 0 Å². The second kappa shape index (κ2) is 11.3. The third-order valence-corrected chi connectivity index (χ3v) is 12.0. The minimum Gasteiger partial charge on any atom is -0.369 e. The summed E-state index contributed by atoms with van der Waals surface area (Å²) in [5, 5.41) is 0. The summed E-state index contributed by atoms with van der Waals surface area (Å²) in [6.45, 7) is 6.42. The number of allylic oxidation sites excluding steroid dienone is 1. The van der Waals surface area contributed by atoms with Crippen LogP contribution in [0.5, 0.6) is 0 Å². The molecule has 1 aromatic rings. The molecule has 1 aromatic carbocycles. The lowest BCUT2D eigenvalue weighted by Gasteiger charge is -2.58. The maximum Gasteiger partial charge on any atom is 0.155 e. The first kappa shape index (κ1) is 27.6. The Morgan fingerprint density at radius 1 is 0.973 bits per heavy atom. The van der Waals surface area contributed by atoms with E-state index >= 15 is 0 Å². The highest BCUT2D eigenvalue weighted by atomic mass is 35.5. The van der Waals surface area contributed by atoms with Crippen LogP contribution >= 0.6 is 35.0 Å². The highest BCUT2D eigenvalue weighted by Gasteiger charge is 2.59. The first-order valence-electron chi connectivity index (χ1n) is 14.2. The zero-order chi connectivity index (χ0) is 26.2. The van der Waals surface area contributed by atoms with Crippen molar-refractivity contribution in [3.05, 3.63) is 35.9 Å². The quantitative estimate of drug-likeness (QED) is 0.228. The largest absolute Gasteiger partial charge is 0.369 e. The number of thioether (sulfide) groups is 1. The van der Waals surface area contributed by atoms with Crippen molar-refractivity contribution in [2.45, 2.75) is 70.1 Å². The summed E-state index contributed by atoms with van der Waals surface area (Å²) in [6, 6.07) is 8.47. The van der Waals surface area contributed by atoms with Gasteiger partial charge in [0.05, 0.1) is 5.75 Å². The molecule has 5 rings (SSSR count). The molecule has 37 heavy (non-hydrogen) atoms. The molecule has 3 fully saturated rings. The monoisotopic (exact) mass is 561 g/mol. The van der Waals surface area contributed by atoms with Crippen LogP contribution in [0.15, 0.2) is 40.8 Å². The van der Waals surface area contributed by atoms with Crippen LogP contribution in [0.4, 0.5) is 5.69 Å². The van der Waals surface area contributed by atoms with Gasteiger partial charge in [-0.15, -0.1) is 35.0 Å². The highest BCUT2D eigenvalue weighted by Crippen LogP contribution is 2.66. The van der Waals surface area contributed by atoms with Gasteiger partial charge in [0, 0.05) is 47.8 Å². The van der Waals surface area contributed by atoms with E-state index in [4.69, 9.17) is 23.2 Å². The molecule has 0 unspecified atom stereocenters. The number of anilines is 1. The van der Waals surface area contributed by atoms with Crippen LogP contribution < -0.4 is 4.90 Å². The summed E-state index contributed by atoms with van der Waals surface area (Å²) < 4.78 is 0. The number of carbonyl (C=O) groups excluding carboxylic acids is 2. The lowest BCUT2D eigenvalue weighted by atomic mass is 9.46. The van der Waals surface area contributed by atoms with Crippen molar-refractivity contribution < 1.29 is 9.59 Å². The van der Waals surface area contributed by atoms with Crippen LogP contribution in [0, 0.1) is 34.5 Å². The Balaban J connectivity index is 1.22. The number of benzene rings is 1. The van der Waals surface area contributed by atoms with Gasteiger partial charge < -0.3 is 4.90 Å². The van der Waals surface area contributed by atoms with E-state index in [-0.39, 0.29) is 16.7 Å². The molecule has 0 aliphatic heterocycles. The summed E-state index contributed by atoms with van der Waals surface area (Å²) in [5.41, 5.74) is 2.89. The topological polar surface area (TPSA) is 37.4 Å². The van der Waals surface area contributed by atoms with Gasteiger partial charge in [-0.05, 0) is 104 Å². The Labute approximate surface area is 237 Å². The standard InChI is InChI=1S/C31H41Cl2NO2S/c1-30-13-11-23(35)19-21(30)3-8-25-26-9-10-28(31(26,2)14-12-27(25)30)29(36)20-37-24-6-4-22(5-7-24)34(17-15-32)18-16-33/h4-7,19,25-28H,3,8-18,20H2,1-2H3/t25-,26-,27-,28+,30-,31-/m0/s1. The fourth-order valence-electron chi connectivity index (χ4n) is 8.67. The van der Waals surface area contributed by atoms with Crippen molar-refractivity contribution >= 4 is 52.2 Å². The molecule has 3 saturated carbocycles. The Kier molecular flexibility index (Phi) is 8.39. The lowest BCUT2D eigenvalue weighted by Crippen LogP contribution is -2.51. The average molecular weight is 563 g/mol. The summed E-state index contributed by atoms with van der Waals surface area (Å²) in [6.07, 6.45) is 10.6.